The Hall–Kier alpha value is -2.15. The molecule has 1 heteroatoms. The molecule has 0 spiro atoms. The molecule has 0 bridgehead atoms. The topological polar surface area (TPSA) is 17.1 Å². The smallest absolute Gasteiger partial charge is 0.195 e. The summed E-state index contributed by atoms with van der Waals surface area (Å²) in [6, 6.07) is 12.9. The minimum Gasteiger partial charge on any atom is -0.289 e. The number of hydrogen-bond donors (Lipinski definition) is 0. The molecule has 0 heterocycles. The van der Waals surface area contributed by atoms with Crippen LogP contribution in [0.4, 0.5) is 0 Å². The Morgan fingerprint density at radius 1 is 0.750 bits per heavy atom. The molecule has 4 rings (SSSR count). The molecule has 0 atom stereocenters. The third kappa shape index (κ3) is 1.59. The maximum atomic E-state index is 12.2. The quantitative estimate of drug-likeness (QED) is 0.597. The summed E-state index contributed by atoms with van der Waals surface area (Å²) in [7, 11) is 0. The van der Waals surface area contributed by atoms with Crippen LogP contribution >= 0.6 is 0 Å². The highest BCUT2D eigenvalue weighted by atomic mass is 16.1. The van der Waals surface area contributed by atoms with Gasteiger partial charge >= 0.3 is 0 Å². The van der Waals surface area contributed by atoms with Crippen molar-refractivity contribution in [1.29, 1.82) is 0 Å². The lowest BCUT2D eigenvalue weighted by Gasteiger charge is -2.13. The standard InChI is InChI=1S/C19H16O/c1-11-3-7-15-13(9-11)5-6-14-10-12(2)4-8-16(14)18-17(15)19(18)20/h3-4,7-10H,5-6H2,1-2H3. The molecular weight excluding hydrogens is 244 g/mol. The minimum absolute atomic E-state index is 0.238. The van der Waals surface area contributed by atoms with E-state index in [1.54, 1.807) is 0 Å². The van der Waals surface area contributed by atoms with Crippen molar-refractivity contribution in [3.05, 3.63) is 68.9 Å². The minimum atomic E-state index is 0.238. The second-order valence-electron chi connectivity index (χ2n) is 5.90. The first-order valence-corrected chi connectivity index (χ1v) is 7.14. The Labute approximate surface area is 118 Å². The molecule has 20 heavy (non-hydrogen) atoms. The Kier molecular flexibility index (Phi) is 2.29. The van der Waals surface area contributed by atoms with Crippen molar-refractivity contribution in [2.24, 2.45) is 0 Å². The molecule has 98 valence electrons. The van der Waals surface area contributed by atoms with Crippen LogP contribution in [0, 0.1) is 13.8 Å². The number of fused-ring (bicyclic) bond motifs is 5. The van der Waals surface area contributed by atoms with Crippen LogP contribution in [0.15, 0.2) is 41.2 Å². The molecule has 0 amide bonds. The van der Waals surface area contributed by atoms with E-state index in [1.807, 2.05) is 0 Å². The van der Waals surface area contributed by atoms with Gasteiger partial charge in [-0.1, -0.05) is 47.5 Å². The maximum Gasteiger partial charge on any atom is 0.195 e. The van der Waals surface area contributed by atoms with Gasteiger partial charge in [-0.3, -0.25) is 4.79 Å². The normalized spacial score (nSPS) is 13.3. The molecule has 0 saturated carbocycles. The third-order valence-electron chi connectivity index (χ3n) is 4.37. The van der Waals surface area contributed by atoms with Crippen molar-refractivity contribution in [1.82, 2.24) is 0 Å². The first-order chi connectivity index (χ1) is 9.65. The van der Waals surface area contributed by atoms with Crippen molar-refractivity contribution in [2.75, 3.05) is 0 Å². The van der Waals surface area contributed by atoms with Crippen molar-refractivity contribution in [2.45, 2.75) is 26.7 Å². The van der Waals surface area contributed by atoms with Gasteiger partial charge in [0.1, 0.15) is 0 Å². The second kappa shape index (κ2) is 3.92. The van der Waals surface area contributed by atoms with Gasteiger partial charge < -0.3 is 0 Å². The van der Waals surface area contributed by atoms with Gasteiger partial charge in [-0.2, -0.15) is 0 Å². The summed E-state index contributed by atoms with van der Waals surface area (Å²) >= 11 is 0. The molecule has 0 radical (unpaired) electrons. The zero-order valence-electron chi connectivity index (χ0n) is 11.8. The molecule has 0 aliphatic heterocycles. The van der Waals surface area contributed by atoms with Crippen LogP contribution in [0.3, 0.4) is 0 Å². The Bertz CT molecular complexity index is 776. The Morgan fingerprint density at radius 3 is 1.65 bits per heavy atom. The predicted molar refractivity (Wildman–Crippen MR) is 82.8 cm³/mol. The number of benzene rings is 2. The molecule has 0 saturated heterocycles. The van der Waals surface area contributed by atoms with Crippen molar-refractivity contribution in [3.63, 3.8) is 0 Å². The van der Waals surface area contributed by atoms with E-state index in [0.717, 1.165) is 35.1 Å². The number of rotatable bonds is 0. The SMILES string of the molecule is Cc1ccc2c(c1)CCc1cc(C)ccc1-c1c-2c1=O. The van der Waals surface area contributed by atoms with Crippen molar-refractivity contribution >= 4 is 0 Å². The Morgan fingerprint density at radius 2 is 1.20 bits per heavy atom. The number of hydrogen-bond acceptors (Lipinski definition) is 1. The first kappa shape index (κ1) is 11.7. The van der Waals surface area contributed by atoms with E-state index < -0.39 is 0 Å². The van der Waals surface area contributed by atoms with Crippen molar-refractivity contribution < 1.29 is 0 Å². The fraction of sp³-hybridized carbons (Fsp3) is 0.211. The van der Waals surface area contributed by atoms with Gasteiger partial charge in [0.05, 0.1) is 0 Å². The molecule has 3 aromatic rings. The van der Waals surface area contributed by atoms with Gasteiger partial charge in [0.25, 0.3) is 0 Å². The highest BCUT2D eigenvalue weighted by Gasteiger charge is 2.30. The molecule has 1 aliphatic rings. The third-order valence-corrected chi connectivity index (χ3v) is 4.37. The van der Waals surface area contributed by atoms with Crippen LogP contribution in [-0.4, -0.2) is 0 Å². The molecule has 0 fully saturated rings. The fourth-order valence-electron chi connectivity index (χ4n) is 3.30. The van der Waals surface area contributed by atoms with Gasteiger partial charge in [0, 0.05) is 11.1 Å². The van der Waals surface area contributed by atoms with Crippen LogP contribution < -0.4 is 5.43 Å². The lowest BCUT2D eigenvalue weighted by molar-refractivity contribution is 0.958. The fourth-order valence-corrected chi connectivity index (χ4v) is 3.30. The van der Waals surface area contributed by atoms with E-state index in [4.69, 9.17) is 0 Å². The summed E-state index contributed by atoms with van der Waals surface area (Å²) in [5, 5.41) is 0. The summed E-state index contributed by atoms with van der Waals surface area (Å²) < 4.78 is 0. The zero-order chi connectivity index (χ0) is 13.9. The van der Waals surface area contributed by atoms with Gasteiger partial charge in [-0.05, 0) is 48.9 Å². The van der Waals surface area contributed by atoms with E-state index in [9.17, 15) is 4.79 Å². The lowest BCUT2D eigenvalue weighted by atomic mass is 9.90. The summed E-state index contributed by atoms with van der Waals surface area (Å²) in [6.45, 7) is 4.22. The largest absolute Gasteiger partial charge is 0.289 e. The maximum absolute atomic E-state index is 12.2. The van der Waals surface area contributed by atoms with Crippen LogP contribution in [0.5, 0.6) is 0 Å². The van der Waals surface area contributed by atoms with Gasteiger partial charge in [0.15, 0.2) is 5.43 Å². The average Bonchev–Trinajstić information content (AvgIpc) is 3.05. The van der Waals surface area contributed by atoms with Crippen LogP contribution in [-0.2, 0) is 12.8 Å². The molecular formula is C19H16O. The van der Waals surface area contributed by atoms with E-state index in [1.165, 1.54) is 22.3 Å². The second-order valence-corrected chi connectivity index (χ2v) is 5.90. The summed E-state index contributed by atoms with van der Waals surface area (Å²) in [4.78, 5) is 12.2. The summed E-state index contributed by atoms with van der Waals surface area (Å²) in [5.41, 5.74) is 9.61. The molecule has 3 aromatic carbocycles. The highest BCUT2D eigenvalue weighted by molar-refractivity contribution is 5.96. The van der Waals surface area contributed by atoms with Gasteiger partial charge in [-0.25, -0.2) is 0 Å². The van der Waals surface area contributed by atoms with Crippen LogP contribution in [0.2, 0.25) is 0 Å². The van der Waals surface area contributed by atoms with E-state index in [2.05, 4.69) is 50.2 Å². The van der Waals surface area contributed by atoms with Gasteiger partial charge in [-0.15, -0.1) is 0 Å². The van der Waals surface area contributed by atoms with Crippen LogP contribution in [0.1, 0.15) is 22.3 Å². The number of aryl methyl sites for hydroxylation is 4. The predicted octanol–water partition coefficient (Wildman–Crippen LogP) is 3.97. The lowest BCUT2D eigenvalue weighted by Crippen LogP contribution is -1.98. The molecule has 0 N–H and O–H groups in total. The van der Waals surface area contributed by atoms with E-state index in [-0.39, 0.29) is 5.43 Å². The van der Waals surface area contributed by atoms with Crippen LogP contribution in [0.25, 0.3) is 22.3 Å². The highest BCUT2D eigenvalue weighted by Crippen LogP contribution is 2.41. The molecule has 0 unspecified atom stereocenters. The van der Waals surface area contributed by atoms with E-state index in [0.29, 0.717) is 0 Å². The average molecular weight is 260 g/mol. The molecule has 1 aliphatic carbocycles. The van der Waals surface area contributed by atoms with E-state index >= 15 is 0 Å². The first-order valence-electron chi connectivity index (χ1n) is 7.14. The summed E-state index contributed by atoms with van der Waals surface area (Å²) in [5.74, 6) is 0. The Balaban J connectivity index is 1.97. The molecule has 0 aromatic heterocycles. The zero-order valence-corrected chi connectivity index (χ0v) is 11.8. The van der Waals surface area contributed by atoms with Gasteiger partial charge in [0.2, 0.25) is 0 Å². The molecule has 1 nitrogen and oxygen atoms in total. The summed E-state index contributed by atoms with van der Waals surface area (Å²) in [6.07, 6.45) is 2.02. The monoisotopic (exact) mass is 260 g/mol. The van der Waals surface area contributed by atoms with Crippen molar-refractivity contribution in [3.8, 4) is 22.3 Å².